The summed E-state index contributed by atoms with van der Waals surface area (Å²) < 4.78 is 187. The number of likely N-dealkylation sites (tertiary alicyclic amines) is 1. The lowest BCUT2D eigenvalue weighted by molar-refractivity contribution is -0.132. The second kappa shape index (κ2) is 45.4. The molecule has 46 heteroatoms. The molecule has 6 amide bonds. The number of anilines is 8. The van der Waals surface area contributed by atoms with Crippen molar-refractivity contribution >= 4 is 91.3 Å². The Bertz CT molecular complexity index is 6990. The number of carbonyl (C=O) groups is 6. The van der Waals surface area contributed by atoms with Gasteiger partial charge in [0.25, 0.3) is 25.2 Å². The molecule has 0 spiro atoms. The maximum absolute atomic E-state index is 15.5. The summed E-state index contributed by atoms with van der Waals surface area (Å²) in [7, 11) is 3.46. The van der Waals surface area contributed by atoms with Crippen LogP contribution in [0.15, 0.2) is 110 Å². The fraction of sp³-hybridized carbons (Fsp3) is 0.446. The second-order valence-corrected chi connectivity index (χ2v) is 39.7. The standard InChI is InChI=1S/C28H31F3N6O3.C27H32F3N7O2.C25H29F3N6O3S.C21H25FN6O2/c1-3-25(38)36-9-6-24-20(15-36)27(35-37(24)17-7-10-40-11-8-17)34-23-13-19(26(30)31)18(12-21(23)29)16-4-5-22(33-14-16)28(39)32-2;1-4-25(39)36-10-7-24-21(15-36)27(33-37(24)18-5-8-35(9-6-18)16(2)38)32-23-12-20(26(29)30)19(11-22(23)28)17-13-31-34(3)14-17;1-3-23(35)33-7-4-22-19(14-33)25(31-34(22)16-5-8-38(36,37)9-6-16)30-21-11-18(24(27)28)17(10-20(21)26)15-12-29-32(2)13-15;1-13(12-29)28-20-6-7-27(14(2)30)11-18(20)21(25-28)24-16-4-5-17(19(22)8-16)15-9-23-26(3)10-15/h4-5,12-14,17,26H,3,6-11,15H2,1-2H3,(H,32,39)(H,34,35);11-14,18,26H,4-10,15H2,1-3H3,(H,32,33);10-13,16,24H,3-9,14H2,1-2H3,(H,30,31);4-5,8-10,13,29H,6-7,11-12H2,1-3H3,(H,24,25). The molecule has 7 aliphatic heterocycles. The van der Waals surface area contributed by atoms with Crippen LogP contribution >= 0.6 is 0 Å². The Morgan fingerprint density at radius 2 is 0.823 bits per heavy atom. The van der Waals surface area contributed by atoms with Crippen molar-refractivity contribution in [2.45, 2.75) is 195 Å². The van der Waals surface area contributed by atoms with Crippen molar-refractivity contribution in [1.82, 2.24) is 103 Å². The molecule has 3 fully saturated rings. The number of carbonyl (C=O) groups excluding carboxylic acids is 6. The molecule has 15 heterocycles. The number of benzene rings is 4. The molecule has 1 atom stereocenters. The highest BCUT2D eigenvalue weighted by molar-refractivity contribution is 7.91. The zero-order valence-corrected chi connectivity index (χ0v) is 83.8. The predicted octanol–water partition coefficient (Wildman–Crippen LogP) is 16.1. The van der Waals surface area contributed by atoms with Crippen LogP contribution in [0.1, 0.15) is 215 Å². The molecule has 3 saturated heterocycles. The van der Waals surface area contributed by atoms with Gasteiger partial charge in [0.05, 0.1) is 104 Å². The SMILES string of the molecule is CC(=O)N1CCc2c(c(Nc3ccc(-c4cnn(C)c4)c(F)c3)nn2C(C)CO)C1.CCC(=O)N1CCc2c(c(Nc3cc(C(F)F)c(-c4ccc(C(=O)NC)nc4)cc3F)nn2C2CCOCC2)C1.CCC(=O)N1CCc2c(c(Nc3cc(C(F)F)c(-c4cnn(C)c4)cc3F)nn2C2CCN(C(C)=O)CC2)C1.CCC(=O)N1CCc2c(c(Nc3cc(C(F)F)c(-c4cnn(C)c4)cc3F)nn2C2CCS(=O)(=O)CC2)C1. The van der Waals surface area contributed by atoms with Gasteiger partial charge < -0.3 is 60.9 Å². The van der Waals surface area contributed by atoms with Crippen LogP contribution in [-0.4, -0.2) is 225 Å². The average molecular weight is 2060 g/mol. The van der Waals surface area contributed by atoms with Crippen LogP contribution in [-0.2, 0) is 112 Å². The van der Waals surface area contributed by atoms with Crippen LogP contribution in [0.5, 0.6) is 0 Å². The molecule has 1 unspecified atom stereocenters. The highest BCUT2D eigenvalue weighted by Crippen LogP contribution is 2.45. The van der Waals surface area contributed by atoms with Gasteiger partial charge in [-0.15, -0.1) is 0 Å². The Morgan fingerprint density at radius 1 is 0.442 bits per heavy atom. The van der Waals surface area contributed by atoms with Crippen LogP contribution in [0.25, 0.3) is 44.5 Å². The number of sulfone groups is 1. The lowest BCUT2D eigenvalue weighted by Crippen LogP contribution is -2.39. The van der Waals surface area contributed by atoms with E-state index in [1.165, 1.54) is 59.4 Å². The highest BCUT2D eigenvalue weighted by atomic mass is 32.2. The van der Waals surface area contributed by atoms with Gasteiger partial charge in [0.2, 0.25) is 29.5 Å². The van der Waals surface area contributed by atoms with Gasteiger partial charge in [-0.1, -0.05) is 26.8 Å². The molecule has 147 heavy (non-hydrogen) atoms. The third-order valence-electron chi connectivity index (χ3n) is 27.8. The Kier molecular flexibility index (Phi) is 32.6. The number of alkyl halides is 6. The van der Waals surface area contributed by atoms with E-state index in [-0.39, 0.29) is 152 Å². The summed E-state index contributed by atoms with van der Waals surface area (Å²) in [6.45, 7) is 16.2. The van der Waals surface area contributed by atoms with Gasteiger partial charge >= 0.3 is 0 Å². The van der Waals surface area contributed by atoms with E-state index < -0.39 is 52.5 Å². The quantitative estimate of drug-likeness (QED) is 0.0306. The van der Waals surface area contributed by atoms with E-state index in [1.807, 2.05) is 16.3 Å². The Balaban J connectivity index is 0.000000141. The summed E-state index contributed by atoms with van der Waals surface area (Å²) in [6, 6.07) is 14.0. The number of rotatable bonds is 24. The molecule has 782 valence electrons. The number of aryl methyl sites for hydroxylation is 3. The van der Waals surface area contributed by atoms with Crippen LogP contribution < -0.4 is 26.6 Å². The molecule has 7 aliphatic rings. The Morgan fingerprint density at radius 3 is 1.20 bits per heavy atom. The summed E-state index contributed by atoms with van der Waals surface area (Å²) in [5, 5.41) is 55.1. The normalized spacial score (nSPS) is 16.0. The summed E-state index contributed by atoms with van der Waals surface area (Å²) in [6.07, 6.45) is 9.12. The fourth-order valence-corrected chi connectivity index (χ4v) is 21.2. The molecule has 0 bridgehead atoms. The van der Waals surface area contributed by atoms with Crippen molar-refractivity contribution in [2.24, 2.45) is 21.1 Å². The van der Waals surface area contributed by atoms with Crippen molar-refractivity contribution in [1.29, 1.82) is 0 Å². The number of aromatic nitrogens is 15. The van der Waals surface area contributed by atoms with E-state index in [9.17, 15) is 73.0 Å². The van der Waals surface area contributed by atoms with E-state index in [0.717, 1.165) is 88.7 Å². The van der Waals surface area contributed by atoms with Crippen molar-refractivity contribution in [3.63, 3.8) is 0 Å². The Labute approximate surface area is 841 Å². The van der Waals surface area contributed by atoms with Gasteiger partial charge in [-0.2, -0.15) is 35.7 Å². The molecule has 0 radical (unpaired) electrons. The first-order valence-electron chi connectivity index (χ1n) is 48.9. The first kappa shape index (κ1) is 105. The number of hydrogen-bond acceptors (Lipinski definition) is 22. The number of piperidine rings is 1. The number of nitrogens with zero attached hydrogens (tertiary/aromatic N) is 20. The van der Waals surface area contributed by atoms with E-state index in [2.05, 4.69) is 57.1 Å². The fourth-order valence-electron chi connectivity index (χ4n) is 19.8. The first-order valence-corrected chi connectivity index (χ1v) is 50.7. The minimum Gasteiger partial charge on any atom is -0.394 e. The number of aliphatic hydroxyl groups excluding tert-OH is 1. The number of aliphatic hydroxyl groups is 1. The molecule has 6 N–H and O–H groups in total. The maximum atomic E-state index is 15.5. The van der Waals surface area contributed by atoms with Crippen LogP contribution in [0.3, 0.4) is 0 Å². The largest absolute Gasteiger partial charge is 0.394 e. The molecule has 0 saturated carbocycles. The van der Waals surface area contributed by atoms with Gasteiger partial charge in [-0.25, -0.2) is 52.3 Å². The zero-order valence-electron chi connectivity index (χ0n) is 83.0. The third-order valence-corrected chi connectivity index (χ3v) is 29.5. The molecule has 0 aliphatic carbocycles. The summed E-state index contributed by atoms with van der Waals surface area (Å²) in [5.41, 5.74) is 8.32. The van der Waals surface area contributed by atoms with E-state index in [4.69, 9.17) is 14.9 Å². The number of ether oxygens (including phenoxy) is 1. The summed E-state index contributed by atoms with van der Waals surface area (Å²) in [4.78, 5) is 85.6. The molecule has 35 nitrogen and oxygen atoms in total. The molecule has 12 aromatic rings. The van der Waals surface area contributed by atoms with Gasteiger partial charge in [-0.05, 0) is 123 Å². The highest BCUT2D eigenvalue weighted by Gasteiger charge is 2.39. The smallest absolute Gasteiger partial charge is 0.269 e. The lowest BCUT2D eigenvalue weighted by Gasteiger charge is -2.33. The predicted molar refractivity (Wildman–Crippen MR) is 527 cm³/mol. The molecule has 19 rings (SSSR count). The summed E-state index contributed by atoms with van der Waals surface area (Å²) in [5.74, 6) is -1.33. The van der Waals surface area contributed by atoms with Gasteiger partial charge in [0, 0.05) is 259 Å². The second-order valence-electron chi connectivity index (χ2n) is 37.4. The lowest BCUT2D eigenvalue weighted by atomic mass is 9.99. The Hall–Kier alpha value is -14.3. The number of nitrogens with one attached hydrogen (secondary N) is 5. The number of hydrogen-bond donors (Lipinski definition) is 6. The monoisotopic (exact) mass is 2060 g/mol. The maximum Gasteiger partial charge on any atom is 0.269 e. The number of fused-ring (bicyclic) bond motifs is 4. The third kappa shape index (κ3) is 23.4. The van der Waals surface area contributed by atoms with E-state index in [0.29, 0.717) is 194 Å². The van der Waals surface area contributed by atoms with Gasteiger partial charge in [0.1, 0.15) is 38.8 Å². The summed E-state index contributed by atoms with van der Waals surface area (Å²) >= 11 is 0. The van der Waals surface area contributed by atoms with Crippen LogP contribution in [0.2, 0.25) is 0 Å². The number of amides is 6. The van der Waals surface area contributed by atoms with Gasteiger partial charge in [0.15, 0.2) is 23.3 Å². The van der Waals surface area contributed by atoms with Gasteiger partial charge in [-0.3, -0.25) is 66.5 Å². The minimum absolute atomic E-state index is 0.00103. The molecule has 8 aromatic heterocycles. The first-order chi connectivity index (χ1) is 70.4. The molecular formula is C101H117F10N25O10S. The molecular weight excluding hydrogens is 1950 g/mol. The number of pyridine rings is 1. The van der Waals surface area contributed by atoms with E-state index in [1.54, 1.807) is 125 Å². The van der Waals surface area contributed by atoms with E-state index >= 15 is 13.2 Å². The zero-order chi connectivity index (χ0) is 105. The minimum atomic E-state index is -3.09. The van der Waals surface area contributed by atoms with Crippen molar-refractivity contribution in [3.05, 3.63) is 201 Å². The van der Waals surface area contributed by atoms with Crippen molar-refractivity contribution in [2.75, 3.05) is 98.9 Å². The van der Waals surface area contributed by atoms with Crippen LogP contribution in [0.4, 0.5) is 89.9 Å². The van der Waals surface area contributed by atoms with Crippen molar-refractivity contribution < 1.29 is 90.9 Å². The van der Waals surface area contributed by atoms with Crippen LogP contribution in [0, 0.1) is 23.3 Å². The molecule has 4 aromatic carbocycles. The average Bonchev–Trinajstić information content (AvgIpc) is 1.63. The number of halogens is 10. The topological polar surface area (TPSA) is 380 Å². The van der Waals surface area contributed by atoms with Crippen molar-refractivity contribution in [3.8, 4) is 44.5 Å².